The molecule has 0 saturated heterocycles. The zero-order chi connectivity index (χ0) is 24.2. The summed E-state index contributed by atoms with van der Waals surface area (Å²) >= 11 is 7.82. The van der Waals surface area contributed by atoms with Gasteiger partial charge in [0.2, 0.25) is 11.1 Å². The summed E-state index contributed by atoms with van der Waals surface area (Å²) in [5.74, 6) is 1.33. The van der Waals surface area contributed by atoms with Gasteiger partial charge in [-0.1, -0.05) is 86.6 Å². The van der Waals surface area contributed by atoms with E-state index in [2.05, 4.69) is 43.4 Å². The number of rotatable bonds is 8. The molecule has 1 unspecified atom stereocenters. The normalized spacial score (nSPS) is 15.3. The van der Waals surface area contributed by atoms with Crippen LogP contribution in [0, 0.1) is 0 Å². The predicted molar refractivity (Wildman–Crippen MR) is 137 cm³/mol. The fourth-order valence-electron chi connectivity index (χ4n) is 3.86. The molecule has 2 heterocycles. The molecule has 1 aromatic heterocycles. The number of hydrogen-bond acceptors (Lipinski definition) is 6. The van der Waals surface area contributed by atoms with Crippen molar-refractivity contribution in [3.05, 3.63) is 81.5 Å². The maximum atomic E-state index is 13.1. The van der Waals surface area contributed by atoms with Crippen LogP contribution in [0.15, 0.2) is 65.0 Å². The van der Waals surface area contributed by atoms with Crippen molar-refractivity contribution < 1.29 is 9.53 Å². The number of anilines is 1. The SMILES string of the molecule is CCCOC(=O)C1=C(C)Nc2nc(SCc3ccccc3Cl)nn2C1c1ccc(C(C)C)cc1. The number of carbonyl (C=O) groups is 1. The third kappa shape index (κ3) is 5.15. The van der Waals surface area contributed by atoms with E-state index >= 15 is 0 Å². The molecule has 3 aromatic rings. The van der Waals surface area contributed by atoms with Crippen molar-refractivity contribution in [1.82, 2.24) is 14.8 Å². The Hall–Kier alpha value is -2.77. The predicted octanol–water partition coefficient (Wildman–Crippen LogP) is 6.59. The quantitative estimate of drug-likeness (QED) is 0.280. The van der Waals surface area contributed by atoms with Gasteiger partial charge in [0.05, 0.1) is 12.2 Å². The van der Waals surface area contributed by atoms with Crippen molar-refractivity contribution in [2.75, 3.05) is 11.9 Å². The molecule has 1 aliphatic heterocycles. The highest BCUT2D eigenvalue weighted by atomic mass is 35.5. The number of aromatic nitrogens is 3. The van der Waals surface area contributed by atoms with Gasteiger partial charge in [-0.2, -0.15) is 4.98 Å². The molecular formula is C26H29ClN4O2S. The van der Waals surface area contributed by atoms with Gasteiger partial charge in [-0.05, 0) is 42.0 Å². The van der Waals surface area contributed by atoms with Crippen LogP contribution in [-0.4, -0.2) is 27.3 Å². The molecule has 0 aliphatic carbocycles. The van der Waals surface area contributed by atoms with E-state index in [9.17, 15) is 4.79 Å². The Labute approximate surface area is 209 Å². The van der Waals surface area contributed by atoms with Crippen LogP contribution in [0.2, 0.25) is 5.02 Å². The van der Waals surface area contributed by atoms with Gasteiger partial charge in [0.25, 0.3) is 0 Å². The number of fused-ring (bicyclic) bond motifs is 1. The van der Waals surface area contributed by atoms with Crippen molar-refractivity contribution in [3.8, 4) is 0 Å². The highest BCUT2D eigenvalue weighted by Crippen LogP contribution is 2.37. The molecule has 0 amide bonds. The van der Waals surface area contributed by atoms with E-state index in [1.807, 2.05) is 38.1 Å². The molecule has 1 aliphatic rings. The number of thioether (sulfide) groups is 1. The monoisotopic (exact) mass is 496 g/mol. The minimum absolute atomic E-state index is 0.337. The van der Waals surface area contributed by atoms with Crippen molar-refractivity contribution in [2.24, 2.45) is 0 Å². The molecule has 0 bridgehead atoms. The van der Waals surface area contributed by atoms with Gasteiger partial charge >= 0.3 is 5.97 Å². The van der Waals surface area contributed by atoms with E-state index in [4.69, 9.17) is 26.4 Å². The molecule has 6 nitrogen and oxygen atoms in total. The largest absolute Gasteiger partial charge is 0.462 e. The summed E-state index contributed by atoms with van der Waals surface area (Å²) in [5, 5.41) is 9.37. The van der Waals surface area contributed by atoms with Crippen LogP contribution in [0.4, 0.5) is 5.95 Å². The second kappa shape index (κ2) is 10.7. The number of halogens is 1. The van der Waals surface area contributed by atoms with Crippen molar-refractivity contribution in [2.45, 2.75) is 57.0 Å². The summed E-state index contributed by atoms with van der Waals surface area (Å²) in [6, 6.07) is 15.7. The lowest BCUT2D eigenvalue weighted by atomic mass is 9.93. The first-order chi connectivity index (χ1) is 16.4. The molecule has 2 aromatic carbocycles. The Kier molecular flexibility index (Phi) is 7.63. The summed E-state index contributed by atoms with van der Waals surface area (Å²) in [4.78, 5) is 17.8. The van der Waals surface area contributed by atoms with Gasteiger partial charge in [0.1, 0.15) is 6.04 Å². The first-order valence-corrected chi connectivity index (χ1v) is 12.8. The van der Waals surface area contributed by atoms with Crippen LogP contribution < -0.4 is 5.32 Å². The number of nitrogens with one attached hydrogen (secondary N) is 1. The zero-order valence-electron chi connectivity index (χ0n) is 19.8. The van der Waals surface area contributed by atoms with Crippen LogP contribution in [0.1, 0.15) is 62.8 Å². The summed E-state index contributed by atoms with van der Waals surface area (Å²) in [7, 11) is 0. The maximum Gasteiger partial charge on any atom is 0.338 e. The fourth-order valence-corrected chi connectivity index (χ4v) is 4.97. The summed E-state index contributed by atoms with van der Waals surface area (Å²) in [6.45, 7) is 8.56. The van der Waals surface area contributed by atoms with Crippen LogP contribution in [0.5, 0.6) is 0 Å². The lowest BCUT2D eigenvalue weighted by Gasteiger charge is -2.28. The molecule has 178 valence electrons. The van der Waals surface area contributed by atoms with Crippen molar-refractivity contribution in [1.29, 1.82) is 0 Å². The molecule has 0 fully saturated rings. The first-order valence-electron chi connectivity index (χ1n) is 11.5. The van der Waals surface area contributed by atoms with E-state index in [0.29, 0.717) is 35.0 Å². The smallest absolute Gasteiger partial charge is 0.338 e. The van der Waals surface area contributed by atoms with Crippen LogP contribution >= 0.6 is 23.4 Å². The van der Waals surface area contributed by atoms with E-state index in [-0.39, 0.29) is 5.97 Å². The Balaban J connectivity index is 1.69. The number of carbonyl (C=O) groups excluding carboxylic acids is 1. The summed E-state index contributed by atoms with van der Waals surface area (Å²) < 4.78 is 7.32. The average Bonchev–Trinajstić information content (AvgIpc) is 3.23. The van der Waals surface area contributed by atoms with Gasteiger partial charge in [-0.15, -0.1) is 5.10 Å². The average molecular weight is 497 g/mol. The van der Waals surface area contributed by atoms with Gasteiger partial charge in [-0.25, -0.2) is 9.48 Å². The fraction of sp³-hybridized carbons (Fsp3) is 0.346. The van der Waals surface area contributed by atoms with E-state index < -0.39 is 6.04 Å². The Morgan fingerprint density at radius 1 is 1.21 bits per heavy atom. The number of esters is 1. The second-order valence-corrected chi connectivity index (χ2v) is 9.92. The Morgan fingerprint density at radius 2 is 1.94 bits per heavy atom. The molecule has 0 saturated carbocycles. The molecule has 0 spiro atoms. The van der Waals surface area contributed by atoms with Crippen LogP contribution in [0.3, 0.4) is 0 Å². The number of ether oxygens (including phenoxy) is 1. The molecule has 0 radical (unpaired) electrons. The number of nitrogens with zero attached hydrogens (tertiary/aromatic N) is 3. The number of benzene rings is 2. The summed E-state index contributed by atoms with van der Waals surface area (Å²) in [6.07, 6.45) is 0.761. The first kappa shape index (κ1) is 24.4. The van der Waals surface area contributed by atoms with Crippen molar-refractivity contribution in [3.63, 3.8) is 0 Å². The minimum atomic E-state index is -0.427. The van der Waals surface area contributed by atoms with E-state index in [1.54, 1.807) is 4.68 Å². The molecule has 1 atom stereocenters. The minimum Gasteiger partial charge on any atom is -0.462 e. The molecule has 34 heavy (non-hydrogen) atoms. The Bertz CT molecular complexity index is 1200. The van der Waals surface area contributed by atoms with Crippen LogP contribution in [0.25, 0.3) is 0 Å². The third-order valence-electron chi connectivity index (χ3n) is 5.72. The lowest BCUT2D eigenvalue weighted by molar-refractivity contribution is -0.139. The Morgan fingerprint density at radius 3 is 2.62 bits per heavy atom. The molecule has 8 heteroatoms. The highest BCUT2D eigenvalue weighted by Gasteiger charge is 2.35. The second-order valence-electron chi connectivity index (χ2n) is 8.57. The van der Waals surface area contributed by atoms with Gasteiger partial charge in [0.15, 0.2) is 0 Å². The molecule has 1 N–H and O–H groups in total. The lowest BCUT2D eigenvalue weighted by Crippen LogP contribution is -2.29. The third-order valence-corrected chi connectivity index (χ3v) is 6.98. The number of hydrogen-bond donors (Lipinski definition) is 1. The van der Waals surface area contributed by atoms with E-state index in [1.165, 1.54) is 17.3 Å². The molecule has 4 rings (SSSR count). The highest BCUT2D eigenvalue weighted by molar-refractivity contribution is 7.98. The van der Waals surface area contributed by atoms with Gasteiger partial charge < -0.3 is 10.1 Å². The van der Waals surface area contributed by atoms with Gasteiger partial charge in [-0.3, -0.25) is 0 Å². The summed E-state index contributed by atoms with van der Waals surface area (Å²) in [5.41, 5.74) is 4.49. The van der Waals surface area contributed by atoms with E-state index in [0.717, 1.165) is 28.3 Å². The standard InChI is InChI=1S/C26H29ClN4O2S/c1-5-14-33-24(32)22-17(4)28-25-29-26(34-15-20-8-6-7-9-21(20)27)30-31(25)23(22)19-12-10-18(11-13-19)16(2)3/h6-13,16,23H,5,14-15H2,1-4H3,(H,28,29,30). The topological polar surface area (TPSA) is 69.0 Å². The number of allylic oxidation sites excluding steroid dienone is 1. The van der Waals surface area contributed by atoms with Gasteiger partial charge in [0, 0.05) is 16.5 Å². The zero-order valence-corrected chi connectivity index (χ0v) is 21.4. The van der Waals surface area contributed by atoms with Crippen LogP contribution in [-0.2, 0) is 15.3 Å². The molecular weight excluding hydrogens is 468 g/mol. The maximum absolute atomic E-state index is 13.1. The van der Waals surface area contributed by atoms with Crippen molar-refractivity contribution >= 4 is 35.3 Å².